The van der Waals surface area contributed by atoms with E-state index in [4.69, 9.17) is 15.6 Å². The number of rotatable bonds is 3. The number of fused-ring (bicyclic) bond motifs is 2. The van der Waals surface area contributed by atoms with E-state index in [0.717, 1.165) is 12.8 Å². The van der Waals surface area contributed by atoms with Crippen molar-refractivity contribution in [3.05, 3.63) is 0 Å². The zero-order valence-corrected chi connectivity index (χ0v) is 10.9. The highest BCUT2D eigenvalue weighted by Gasteiger charge is 2.62. The lowest BCUT2D eigenvalue weighted by molar-refractivity contribution is -0.159. The summed E-state index contributed by atoms with van der Waals surface area (Å²) in [6.45, 7) is 6.40. The van der Waals surface area contributed by atoms with Crippen LogP contribution < -0.4 is 5.73 Å². The number of hydrogen-bond acceptors (Lipinski definition) is 4. The highest BCUT2D eigenvalue weighted by atomic mass is 16.5. The minimum Gasteiger partial charge on any atom is -0.461 e. The minimum absolute atomic E-state index is 0.0404. The van der Waals surface area contributed by atoms with Gasteiger partial charge in [0.25, 0.3) is 0 Å². The van der Waals surface area contributed by atoms with Gasteiger partial charge < -0.3 is 15.6 Å². The summed E-state index contributed by atoms with van der Waals surface area (Å²) in [5.41, 5.74) is 5.76. The van der Waals surface area contributed by atoms with Crippen molar-refractivity contribution in [3.63, 3.8) is 0 Å². The normalized spacial score (nSPS) is 40.3. The Morgan fingerprint density at radius 2 is 2.18 bits per heavy atom. The molecule has 0 aromatic rings. The molecule has 4 atom stereocenters. The number of carbonyl (C=O) groups excluding carboxylic acids is 1. The van der Waals surface area contributed by atoms with Crippen LogP contribution in [0.3, 0.4) is 0 Å². The Hall–Kier alpha value is -0.610. The molecular weight excluding hydrogens is 218 g/mol. The van der Waals surface area contributed by atoms with E-state index in [1.807, 2.05) is 0 Å². The molecule has 3 unspecified atom stereocenters. The second-order valence-corrected chi connectivity index (χ2v) is 6.33. The molecule has 0 radical (unpaired) electrons. The largest absolute Gasteiger partial charge is 0.461 e. The molecule has 0 saturated heterocycles. The van der Waals surface area contributed by atoms with Crippen molar-refractivity contribution < 1.29 is 14.6 Å². The third-order valence-corrected chi connectivity index (χ3v) is 5.47. The van der Waals surface area contributed by atoms with Crippen LogP contribution in [0.15, 0.2) is 0 Å². The molecule has 2 bridgehead atoms. The van der Waals surface area contributed by atoms with Crippen LogP contribution in [0, 0.1) is 16.7 Å². The van der Waals surface area contributed by atoms with E-state index < -0.39 is 12.0 Å². The van der Waals surface area contributed by atoms with Crippen molar-refractivity contribution in [2.45, 2.75) is 52.2 Å². The third-order valence-electron chi connectivity index (χ3n) is 5.47. The van der Waals surface area contributed by atoms with Gasteiger partial charge in [0.2, 0.25) is 0 Å². The average Bonchev–Trinajstić information content (AvgIpc) is 2.60. The molecule has 4 nitrogen and oxygen atoms in total. The van der Waals surface area contributed by atoms with Gasteiger partial charge in [-0.2, -0.15) is 0 Å². The summed E-state index contributed by atoms with van der Waals surface area (Å²) in [4.78, 5) is 11.7. The first kappa shape index (κ1) is 12.8. The summed E-state index contributed by atoms with van der Waals surface area (Å²) < 4.78 is 5.51. The Kier molecular flexibility index (Phi) is 2.99. The van der Waals surface area contributed by atoms with Gasteiger partial charge in [-0.25, -0.2) is 0 Å². The smallest absolute Gasteiger partial charge is 0.325 e. The Balaban J connectivity index is 2.08. The van der Waals surface area contributed by atoms with Crippen molar-refractivity contribution in [2.75, 3.05) is 6.61 Å². The molecule has 4 heteroatoms. The van der Waals surface area contributed by atoms with E-state index in [9.17, 15) is 4.79 Å². The van der Waals surface area contributed by atoms with E-state index in [1.54, 1.807) is 0 Å². The van der Waals surface area contributed by atoms with Gasteiger partial charge in [0, 0.05) is 5.41 Å². The summed E-state index contributed by atoms with van der Waals surface area (Å²) >= 11 is 0. The Morgan fingerprint density at radius 1 is 1.53 bits per heavy atom. The molecule has 2 fully saturated rings. The second-order valence-electron chi connectivity index (χ2n) is 6.33. The van der Waals surface area contributed by atoms with Gasteiger partial charge in [-0.05, 0) is 30.6 Å². The fraction of sp³-hybridized carbons (Fsp3) is 0.923. The molecule has 0 aromatic heterocycles. The molecule has 2 saturated carbocycles. The van der Waals surface area contributed by atoms with Crippen LogP contribution in [-0.4, -0.2) is 29.8 Å². The predicted molar refractivity (Wildman–Crippen MR) is 64.2 cm³/mol. The summed E-state index contributed by atoms with van der Waals surface area (Å²) in [6, 6.07) is -0.902. The molecule has 2 rings (SSSR count). The van der Waals surface area contributed by atoms with E-state index in [0.29, 0.717) is 5.92 Å². The van der Waals surface area contributed by atoms with Crippen molar-refractivity contribution in [1.29, 1.82) is 0 Å². The number of aliphatic hydroxyl groups is 1. The molecule has 2 aliphatic carbocycles. The van der Waals surface area contributed by atoms with Crippen LogP contribution in [-0.2, 0) is 9.53 Å². The van der Waals surface area contributed by atoms with Gasteiger partial charge in [0.1, 0.15) is 12.1 Å². The Morgan fingerprint density at radius 3 is 2.59 bits per heavy atom. The molecule has 0 aliphatic heterocycles. The molecule has 98 valence electrons. The van der Waals surface area contributed by atoms with Gasteiger partial charge in [-0.1, -0.05) is 20.8 Å². The van der Waals surface area contributed by atoms with Gasteiger partial charge >= 0.3 is 5.97 Å². The summed E-state index contributed by atoms with van der Waals surface area (Å²) in [5.74, 6) is 0.165. The van der Waals surface area contributed by atoms with Gasteiger partial charge in [-0.15, -0.1) is 0 Å². The maximum Gasteiger partial charge on any atom is 0.325 e. The van der Waals surface area contributed by atoms with E-state index in [2.05, 4.69) is 20.8 Å². The Labute approximate surface area is 103 Å². The van der Waals surface area contributed by atoms with E-state index in [-0.39, 0.29) is 23.5 Å². The molecule has 0 spiro atoms. The molecular formula is C13H23NO3. The zero-order chi connectivity index (χ0) is 12.8. The van der Waals surface area contributed by atoms with Crippen molar-refractivity contribution in [3.8, 4) is 0 Å². The lowest BCUT2D eigenvalue weighted by atomic mass is 9.70. The van der Waals surface area contributed by atoms with Crippen molar-refractivity contribution in [2.24, 2.45) is 22.5 Å². The number of aliphatic hydroxyl groups excluding tert-OH is 1. The van der Waals surface area contributed by atoms with E-state index in [1.165, 1.54) is 6.42 Å². The number of esters is 1. The lowest BCUT2D eigenvalue weighted by Crippen LogP contribution is -2.43. The van der Waals surface area contributed by atoms with Gasteiger partial charge in [0.05, 0.1) is 6.61 Å². The minimum atomic E-state index is -0.902. The van der Waals surface area contributed by atoms with Crippen LogP contribution in [0.1, 0.15) is 40.0 Å². The highest BCUT2D eigenvalue weighted by Crippen LogP contribution is 2.66. The molecule has 2 aliphatic rings. The lowest BCUT2D eigenvalue weighted by Gasteiger charge is -2.38. The van der Waals surface area contributed by atoms with Crippen LogP contribution in [0.2, 0.25) is 0 Å². The van der Waals surface area contributed by atoms with E-state index >= 15 is 0 Å². The SMILES string of the molecule is CC1(C)C2CCC1(C)C(OC(=O)[C@@H](N)CO)C2. The highest BCUT2D eigenvalue weighted by molar-refractivity contribution is 5.75. The number of nitrogens with two attached hydrogens (primary N) is 1. The Bertz CT molecular complexity index is 329. The van der Waals surface area contributed by atoms with Crippen LogP contribution in [0.25, 0.3) is 0 Å². The molecule has 17 heavy (non-hydrogen) atoms. The first-order valence-corrected chi connectivity index (χ1v) is 6.40. The predicted octanol–water partition coefficient (Wildman–Crippen LogP) is 1.06. The fourth-order valence-corrected chi connectivity index (χ4v) is 3.61. The first-order chi connectivity index (χ1) is 7.83. The van der Waals surface area contributed by atoms with Crippen LogP contribution >= 0.6 is 0 Å². The molecule has 0 aromatic carbocycles. The summed E-state index contributed by atoms with van der Waals surface area (Å²) in [5, 5.41) is 8.85. The third kappa shape index (κ3) is 1.69. The zero-order valence-electron chi connectivity index (χ0n) is 10.9. The van der Waals surface area contributed by atoms with Gasteiger partial charge in [-0.3, -0.25) is 4.79 Å². The average molecular weight is 241 g/mol. The quantitative estimate of drug-likeness (QED) is 0.725. The van der Waals surface area contributed by atoms with Crippen LogP contribution in [0.4, 0.5) is 0 Å². The fourth-order valence-electron chi connectivity index (χ4n) is 3.61. The molecule has 0 amide bonds. The maximum atomic E-state index is 11.7. The monoisotopic (exact) mass is 241 g/mol. The first-order valence-electron chi connectivity index (χ1n) is 6.40. The number of carbonyl (C=O) groups is 1. The summed E-state index contributed by atoms with van der Waals surface area (Å²) in [7, 11) is 0. The summed E-state index contributed by atoms with van der Waals surface area (Å²) in [6.07, 6.45) is 3.23. The van der Waals surface area contributed by atoms with Gasteiger partial charge in [0.15, 0.2) is 0 Å². The van der Waals surface area contributed by atoms with Crippen LogP contribution in [0.5, 0.6) is 0 Å². The standard InChI is InChI=1S/C13H23NO3/c1-12(2)8-4-5-13(12,3)10(6-8)17-11(16)9(14)7-15/h8-10,15H,4-7,14H2,1-3H3/t8?,9-,10?,13?/m0/s1. The molecule has 0 heterocycles. The number of ether oxygens (including phenoxy) is 1. The molecule has 3 N–H and O–H groups in total. The second kappa shape index (κ2) is 3.95. The maximum absolute atomic E-state index is 11.7. The number of hydrogen-bond donors (Lipinski definition) is 2. The topological polar surface area (TPSA) is 72.5 Å². The van der Waals surface area contributed by atoms with Crippen molar-refractivity contribution in [1.82, 2.24) is 0 Å². The van der Waals surface area contributed by atoms with Crippen molar-refractivity contribution >= 4 is 5.97 Å².